The van der Waals surface area contributed by atoms with E-state index in [4.69, 9.17) is 4.74 Å². The number of ether oxygens (including phenoxy) is 1. The summed E-state index contributed by atoms with van der Waals surface area (Å²) in [4.78, 5) is 34.5. The first-order valence-corrected chi connectivity index (χ1v) is 8.70. The average Bonchev–Trinajstić information content (AvgIpc) is 2.66. The highest BCUT2D eigenvalue weighted by Gasteiger charge is 2.44. The highest BCUT2D eigenvalue weighted by Crippen LogP contribution is 2.46. The van der Waals surface area contributed by atoms with E-state index in [1.165, 1.54) is 18.6 Å². The van der Waals surface area contributed by atoms with E-state index in [1.807, 2.05) is 4.90 Å². The molecule has 1 unspecified atom stereocenters. The number of nitrogens with one attached hydrogen (secondary N) is 1. The zero-order valence-corrected chi connectivity index (χ0v) is 14.5. The van der Waals surface area contributed by atoms with Crippen LogP contribution in [-0.2, 0) is 9.53 Å². The van der Waals surface area contributed by atoms with Crippen LogP contribution in [0.15, 0.2) is 30.4 Å². The first kappa shape index (κ1) is 17.5. The Hall–Kier alpha value is -2.28. The molecule has 2 aliphatic rings. The fourth-order valence-electron chi connectivity index (χ4n) is 3.74. The van der Waals surface area contributed by atoms with Gasteiger partial charge >= 0.3 is 0 Å². The fourth-order valence-corrected chi connectivity index (χ4v) is 3.74. The molecule has 2 heterocycles. The Bertz CT molecular complexity index is 662. The monoisotopic (exact) mass is 344 g/mol. The summed E-state index contributed by atoms with van der Waals surface area (Å²) < 4.78 is 5.16. The lowest BCUT2D eigenvalue weighted by Gasteiger charge is -2.47. The Morgan fingerprint density at radius 3 is 3.04 bits per heavy atom. The van der Waals surface area contributed by atoms with Crippen molar-refractivity contribution in [2.24, 2.45) is 5.41 Å². The number of carbonyl (C=O) groups is 2. The molecule has 1 fully saturated rings. The van der Waals surface area contributed by atoms with Gasteiger partial charge in [-0.1, -0.05) is 6.08 Å². The number of piperidine rings is 1. The number of fused-ring (bicyclic) bond motifs is 1. The van der Waals surface area contributed by atoms with Gasteiger partial charge in [-0.2, -0.15) is 0 Å². The van der Waals surface area contributed by atoms with Gasteiger partial charge in [0.1, 0.15) is 5.69 Å². The second kappa shape index (κ2) is 7.74. The molecule has 2 amide bonds. The molecule has 7 heteroatoms. The molecule has 0 aromatic carbocycles. The maximum atomic E-state index is 12.4. The molecular weight excluding hydrogens is 320 g/mol. The third-order valence-electron chi connectivity index (χ3n) is 5.05. The van der Waals surface area contributed by atoms with E-state index in [-0.39, 0.29) is 17.2 Å². The lowest BCUT2D eigenvalue weighted by atomic mass is 9.69. The quantitative estimate of drug-likeness (QED) is 0.846. The molecule has 0 spiro atoms. The molecule has 1 saturated heterocycles. The van der Waals surface area contributed by atoms with Crippen molar-refractivity contribution < 1.29 is 14.3 Å². The Balaban J connectivity index is 1.75. The van der Waals surface area contributed by atoms with Gasteiger partial charge in [0.05, 0.1) is 12.8 Å². The van der Waals surface area contributed by atoms with Gasteiger partial charge in [-0.25, -0.2) is 4.98 Å². The Morgan fingerprint density at radius 2 is 2.28 bits per heavy atom. The van der Waals surface area contributed by atoms with Crippen molar-refractivity contribution in [1.29, 1.82) is 0 Å². The van der Waals surface area contributed by atoms with Crippen molar-refractivity contribution in [3.63, 3.8) is 0 Å². The summed E-state index contributed by atoms with van der Waals surface area (Å²) >= 11 is 0. The number of allylic oxidation sites excluding steroid dienone is 1. The standard InChI is InChI=1S/C18H24N4O3/c1-25-11-10-22-15-4-2-3-6-18(15,7-5-16(22)23)13-21-17(24)14-12-19-8-9-20-14/h4,8-9,12H,2-3,5-7,10-11,13H2,1H3,(H,21,24). The Labute approximate surface area is 147 Å². The lowest BCUT2D eigenvalue weighted by Crippen LogP contribution is -2.51. The van der Waals surface area contributed by atoms with Crippen molar-refractivity contribution in [3.8, 4) is 0 Å². The van der Waals surface area contributed by atoms with E-state index in [1.54, 1.807) is 7.11 Å². The second-order valence-corrected chi connectivity index (χ2v) is 6.57. The van der Waals surface area contributed by atoms with E-state index in [2.05, 4.69) is 21.4 Å². The number of carbonyl (C=O) groups excluding carboxylic acids is 2. The van der Waals surface area contributed by atoms with Crippen LogP contribution in [0.4, 0.5) is 0 Å². The smallest absolute Gasteiger partial charge is 0.271 e. The summed E-state index contributed by atoms with van der Waals surface area (Å²) in [5, 5.41) is 3.00. The zero-order valence-electron chi connectivity index (χ0n) is 14.5. The molecule has 1 aliphatic carbocycles. The SMILES string of the molecule is COCCN1C(=O)CCC2(CNC(=O)c3cnccn3)CCCC=C12. The first-order chi connectivity index (χ1) is 12.2. The largest absolute Gasteiger partial charge is 0.383 e. The van der Waals surface area contributed by atoms with Crippen LogP contribution in [0.1, 0.15) is 42.6 Å². The maximum absolute atomic E-state index is 12.4. The van der Waals surface area contributed by atoms with E-state index < -0.39 is 0 Å². The molecule has 1 atom stereocenters. The number of aromatic nitrogens is 2. The summed E-state index contributed by atoms with van der Waals surface area (Å²) in [5.74, 6) is -0.0891. The van der Waals surface area contributed by atoms with Gasteiger partial charge in [-0.05, 0) is 25.7 Å². The lowest BCUT2D eigenvalue weighted by molar-refractivity contribution is -0.134. The molecule has 3 rings (SSSR count). The van der Waals surface area contributed by atoms with Crippen LogP contribution in [0.3, 0.4) is 0 Å². The van der Waals surface area contributed by atoms with Gasteiger partial charge in [0.2, 0.25) is 5.91 Å². The van der Waals surface area contributed by atoms with Gasteiger partial charge in [0.25, 0.3) is 5.91 Å². The number of amides is 2. The van der Waals surface area contributed by atoms with Crippen molar-refractivity contribution in [1.82, 2.24) is 20.2 Å². The van der Waals surface area contributed by atoms with Crippen molar-refractivity contribution >= 4 is 11.8 Å². The Kier molecular flexibility index (Phi) is 5.43. The highest BCUT2D eigenvalue weighted by molar-refractivity contribution is 5.92. The number of hydrogen-bond donors (Lipinski definition) is 1. The number of methoxy groups -OCH3 is 1. The van der Waals surface area contributed by atoms with Gasteiger partial charge in [0, 0.05) is 50.1 Å². The number of likely N-dealkylation sites (tertiary alicyclic amines) is 1. The van der Waals surface area contributed by atoms with Crippen LogP contribution in [0.2, 0.25) is 0 Å². The van der Waals surface area contributed by atoms with E-state index in [9.17, 15) is 9.59 Å². The van der Waals surface area contributed by atoms with Crippen LogP contribution in [0, 0.1) is 5.41 Å². The normalized spacial score (nSPS) is 23.0. The maximum Gasteiger partial charge on any atom is 0.271 e. The van der Waals surface area contributed by atoms with Crippen LogP contribution in [-0.4, -0.2) is 53.5 Å². The topological polar surface area (TPSA) is 84.4 Å². The molecule has 0 bridgehead atoms. The van der Waals surface area contributed by atoms with Crippen LogP contribution in [0.25, 0.3) is 0 Å². The van der Waals surface area contributed by atoms with Gasteiger partial charge in [-0.3, -0.25) is 14.6 Å². The van der Waals surface area contributed by atoms with Gasteiger partial charge in [0.15, 0.2) is 0 Å². The van der Waals surface area contributed by atoms with Crippen molar-refractivity contribution in [3.05, 3.63) is 36.1 Å². The number of rotatable bonds is 6. The number of hydrogen-bond acceptors (Lipinski definition) is 5. The van der Waals surface area contributed by atoms with Crippen LogP contribution < -0.4 is 5.32 Å². The molecular formula is C18H24N4O3. The average molecular weight is 344 g/mol. The number of nitrogens with zero attached hydrogens (tertiary/aromatic N) is 3. The third-order valence-corrected chi connectivity index (χ3v) is 5.05. The molecule has 1 aromatic heterocycles. The first-order valence-electron chi connectivity index (χ1n) is 8.70. The summed E-state index contributed by atoms with van der Waals surface area (Å²) in [6.07, 6.45) is 10.9. The minimum absolute atomic E-state index is 0.140. The van der Waals surface area contributed by atoms with E-state index in [0.29, 0.717) is 31.8 Å². The third kappa shape index (κ3) is 3.71. The van der Waals surface area contributed by atoms with Crippen LogP contribution >= 0.6 is 0 Å². The minimum atomic E-state index is -0.229. The predicted octanol–water partition coefficient (Wildman–Crippen LogP) is 1.53. The van der Waals surface area contributed by atoms with Gasteiger partial charge < -0.3 is 15.0 Å². The molecule has 25 heavy (non-hydrogen) atoms. The molecule has 0 radical (unpaired) electrons. The molecule has 1 aromatic rings. The summed E-state index contributed by atoms with van der Waals surface area (Å²) in [6.45, 7) is 1.57. The van der Waals surface area contributed by atoms with E-state index >= 15 is 0 Å². The summed E-state index contributed by atoms with van der Waals surface area (Å²) in [7, 11) is 1.64. The predicted molar refractivity (Wildman–Crippen MR) is 91.6 cm³/mol. The van der Waals surface area contributed by atoms with Crippen molar-refractivity contribution in [2.45, 2.75) is 32.1 Å². The fraction of sp³-hybridized carbons (Fsp3) is 0.556. The molecule has 1 aliphatic heterocycles. The van der Waals surface area contributed by atoms with E-state index in [0.717, 1.165) is 31.4 Å². The van der Waals surface area contributed by atoms with Crippen LogP contribution in [0.5, 0.6) is 0 Å². The molecule has 1 N–H and O–H groups in total. The highest BCUT2D eigenvalue weighted by atomic mass is 16.5. The molecule has 7 nitrogen and oxygen atoms in total. The molecule has 134 valence electrons. The minimum Gasteiger partial charge on any atom is -0.383 e. The Morgan fingerprint density at radius 1 is 1.40 bits per heavy atom. The van der Waals surface area contributed by atoms with Crippen molar-refractivity contribution in [2.75, 3.05) is 26.8 Å². The molecule has 0 saturated carbocycles. The second-order valence-electron chi connectivity index (χ2n) is 6.57. The summed E-state index contributed by atoms with van der Waals surface area (Å²) in [5.41, 5.74) is 1.17. The van der Waals surface area contributed by atoms with Gasteiger partial charge in [-0.15, -0.1) is 0 Å². The summed E-state index contributed by atoms with van der Waals surface area (Å²) in [6, 6.07) is 0. The zero-order chi connectivity index (χ0) is 17.7.